The highest BCUT2D eigenvalue weighted by atomic mass is 79.9. The quantitative estimate of drug-likeness (QED) is 0.230. The van der Waals surface area contributed by atoms with E-state index in [0.29, 0.717) is 42.1 Å². The molecule has 3 aromatic rings. The average Bonchev–Trinajstić information content (AvgIpc) is 3.28. The van der Waals surface area contributed by atoms with Gasteiger partial charge in [0.1, 0.15) is 0 Å². The van der Waals surface area contributed by atoms with Gasteiger partial charge in [0.2, 0.25) is 15.9 Å². The zero-order chi connectivity index (χ0) is 30.6. The number of hydrogen-bond acceptors (Lipinski definition) is 8. The Kier molecular flexibility index (Phi) is 9.92. The van der Waals surface area contributed by atoms with Gasteiger partial charge in [-0.2, -0.15) is 0 Å². The fourth-order valence-electron chi connectivity index (χ4n) is 4.83. The van der Waals surface area contributed by atoms with Crippen molar-refractivity contribution in [3.63, 3.8) is 0 Å². The van der Waals surface area contributed by atoms with Crippen molar-refractivity contribution in [1.29, 1.82) is 0 Å². The number of nitrogens with zero attached hydrogens (tertiary/aromatic N) is 1. The lowest BCUT2D eigenvalue weighted by atomic mass is 9.93. The molecule has 1 saturated heterocycles. The smallest absolute Gasteiger partial charge is 0.349 e. The van der Waals surface area contributed by atoms with Crippen molar-refractivity contribution < 1.29 is 37.8 Å². The van der Waals surface area contributed by atoms with E-state index in [9.17, 15) is 27.9 Å². The predicted molar refractivity (Wildman–Crippen MR) is 164 cm³/mol. The van der Waals surface area contributed by atoms with Crippen LogP contribution in [0.15, 0.2) is 53.0 Å². The molecule has 11 nitrogen and oxygen atoms in total. The zero-order valence-corrected chi connectivity index (χ0v) is 26.0. The number of aromatic carboxylic acids is 1. The largest absolute Gasteiger partial charge is 0.479 e. The van der Waals surface area contributed by atoms with E-state index in [1.165, 1.54) is 17.0 Å². The summed E-state index contributed by atoms with van der Waals surface area (Å²) in [5.74, 6) is -3.65. The number of anilines is 2. The molecule has 1 fully saturated rings. The summed E-state index contributed by atoms with van der Waals surface area (Å²) in [6.07, 6.45) is 1.02. The summed E-state index contributed by atoms with van der Waals surface area (Å²) < 4.78 is 35.9. The van der Waals surface area contributed by atoms with Crippen molar-refractivity contribution in [2.24, 2.45) is 5.92 Å². The van der Waals surface area contributed by atoms with E-state index in [4.69, 9.17) is 9.84 Å². The van der Waals surface area contributed by atoms with Crippen LogP contribution < -0.4 is 19.7 Å². The molecule has 2 heterocycles. The highest BCUT2D eigenvalue weighted by molar-refractivity contribution is 9.10. The number of ether oxygens (including phenoxy) is 1. The van der Waals surface area contributed by atoms with E-state index in [-0.39, 0.29) is 20.8 Å². The van der Waals surface area contributed by atoms with Gasteiger partial charge in [0.25, 0.3) is 0 Å². The van der Waals surface area contributed by atoms with Crippen LogP contribution in [0.2, 0.25) is 0 Å². The summed E-state index contributed by atoms with van der Waals surface area (Å²) in [4.78, 5) is 38.2. The maximum absolute atomic E-state index is 13.9. The summed E-state index contributed by atoms with van der Waals surface area (Å²) in [7, 11) is -2.67. The van der Waals surface area contributed by atoms with E-state index in [2.05, 4.69) is 26.0 Å². The van der Waals surface area contributed by atoms with Crippen molar-refractivity contribution in [3.05, 3.63) is 63.4 Å². The Morgan fingerprint density at radius 2 is 1.83 bits per heavy atom. The molecule has 1 amide bonds. The molecule has 1 aliphatic rings. The summed E-state index contributed by atoms with van der Waals surface area (Å²) in [6.45, 7) is 2.35. The number of carbonyl (C=O) groups is 3. The van der Waals surface area contributed by atoms with Crippen molar-refractivity contribution in [3.8, 4) is 16.2 Å². The zero-order valence-electron chi connectivity index (χ0n) is 22.8. The van der Waals surface area contributed by atoms with Crippen LogP contribution in [0.1, 0.15) is 28.1 Å². The number of nitrogens with one attached hydrogen (secondary N) is 2. The molecular formula is C28H30BrN3O8S2. The molecule has 1 unspecified atom stereocenters. The number of piperidine rings is 1. The van der Waals surface area contributed by atoms with Gasteiger partial charge < -0.3 is 25.2 Å². The van der Waals surface area contributed by atoms with E-state index in [1.807, 2.05) is 25.1 Å². The Bertz CT molecular complexity index is 1600. The Balaban J connectivity index is 1.67. The van der Waals surface area contributed by atoms with Crippen LogP contribution in [0.3, 0.4) is 0 Å². The van der Waals surface area contributed by atoms with Crippen LogP contribution in [0.5, 0.6) is 5.75 Å². The summed E-state index contributed by atoms with van der Waals surface area (Å²) in [5.41, 5.74) is 2.17. The van der Waals surface area contributed by atoms with Gasteiger partial charge in [0, 0.05) is 18.4 Å². The SMILES string of the molecule is Cc1cccc(N(C)C(=O)C(C2CCNCC2)S(=O)(=O)Nc2cccc(-c3sc(C(=O)O)c(OCC(=O)O)c3Br)c2)c1. The number of carbonyl (C=O) groups excluding carboxylic acids is 1. The molecule has 1 aromatic heterocycles. The van der Waals surface area contributed by atoms with Crippen LogP contribution in [-0.2, 0) is 19.6 Å². The lowest BCUT2D eigenvalue weighted by Gasteiger charge is -2.32. The Labute approximate surface area is 255 Å². The van der Waals surface area contributed by atoms with Crippen LogP contribution in [0, 0.1) is 12.8 Å². The fourth-order valence-corrected chi connectivity index (χ4v) is 8.50. The average molecular weight is 681 g/mol. The van der Waals surface area contributed by atoms with E-state index >= 15 is 0 Å². The standard InChI is InChI=1S/C28H30BrN3O8S2/c1-16-5-3-8-20(13-16)32(2)27(35)26(17-9-11-30-12-10-17)42(38,39)31-19-7-4-6-18(14-19)24-22(29)23(40-15-21(33)34)25(41-24)28(36)37/h3-8,13-14,17,26,30-31H,9-12,15H2,1-2H3,(H,33,34)(H,36,37). The third kappa shape index (κ3) is 7.12. The molecule has 4 rings (SSSR count). The van der Waals surface area contributed by atoms with Gasteiger partial charge in [0.05, 0.1) is 9.35 Å². The van der Waals surface area contributed by atoms with Gasteiger partial charge in [-0.05, 0) is 90.1 Å². The first-order chi connectivity index (χ1) is 19.9. The maximum atomic E-state index is 13.9. The minimum atomic E-state index is -4.24. The monoisotopic (exact) mass is 679 g/mol. The molecule has 4 N–H and O–H groups in total. The maximum Gasteiger partial charge on any atom is 0.349 e. The van der Waals surface area contributed by atoms with E-state index in [1.54, 1.807) is 25.2 Å². The summed E-state index contributed by atoms with van der Waals surface area (Å²) in [6, 6.07) is 13.6. The Morgan fingerprint density at radius 3 is 2.48 bits per heavy atom. The second-order valence-corrected chi connectivity index (χ2v) is 13.5. The van der Waals surface area contributed by atoms with E-state index in [0.717, 1.165) is 16.9 Å². The van der Waals surface area contributed by atoms with Crippen LogP contribution in [-0.4, -0.2) is 68.5 Å². The molecule has 2 aromatic carbocycles. The second kappa shape index (κ2) is 13.2. The number of aliphatic carboxylic acids is 1. The molecule has 42 heavy (non-hydrogen) atoms. The molecular weight excluding hydrogens is 650 g/mol. The minimum Gasteiger partial charge on any atom is -0.479 e. The number of thiophene rings is 1. The number of aryl methyl sites for hydroxylation is 1. The normalized spacial score (nSPS) is 14.6. The van der Waals surface area contributed by atoms with Gasteiger partial charge in [-0.15, -0.1) is 11.3 Å². The Morgan fingerprint density at radius 1 is 1.14 bits per heavy atom. The molecule has 0 saturated carbocycles. The molecule has 1 aliphatic heterocycles. The third-order valence-electron chi connectivity index (χ3n) is 6.84. The molecule has 0 radical (unpaired) electrons. The van der Waals surface area contributed by atoms with Gasteiger partial charge in [-0.25, -0.2) is 18.0 Å². The number of rotatable bonds is 11. The first kappa shape index (κ1) is 31.5. The number of carboxylic acid groups (broad SMARTS) is 2. The molecule has 1 atom stereocenters. The van der Waals surface area contributed by atoms with Crippen molar-refractivity contribution >= 4 is 66.5 Å². The number of carboxylic acids is 2. The number of hydrogen-bond donors (Lipinski definition) is 4. The van der Waals surface area contributed by atoms with Crippen molar-refractivity contribution in [1.82, 2.24) is 5.32 Å². The van der Waals surface area contributed by atoms with Gasteiger partial charge >= 0.3 is 11.9 Å². The van der Waals surface area contributed by atoms with Gasteiger partial charge in [0.15, 0.2) is 22.5 Å². The van der Waals surface area contributed by atoms with Crippen molar-refractivity contribution in [2.75, 3.05) is 36.4 Å². The molecule has 0 bridgehead atoms. The van der Waals surface area contributed by atoms with Crippen molar-refractivity contribution in [2.45, 2.75) is 25.0 Å². The molecule has 0 aliphatic carbocycles. The third-order valence-corrected chi connectivity index (χ3v) is 10.8. The number of halogens is 1. The van der Waals surface area contributed by atoms with E-state index < -0.39 is 45.6 Å². The van der Waals surface area contributed by atoms with Gasteiger partial charge in [-0.1, -0.05) is 24.3 Å². The highest BCUT2D eigenvalue weighted by Gasteiger charge is 2.42. The molecule has 224 valence electrons. The lowest BCUT2D eigenvalue weighted by Crippen LogP contribution is -2.50. The highest BCUT2D eigenvalue weighted by Crippen LogP contribution is 2.46. The first-order valence-electron chi connectivity index (χ1n) is 13.0. The van der Waals surface area contributed by atoms with Crippen LogP contribution in [0.25, 0.3) is 10.4 Å². The summed E-state index contributed by atoms with van der Waals surface area (Å²) in [5, 5.41) is 20.5. The second-order valence-electron chi connectivity index (χ2n) is 9.86. The number of benzene rings is 2. The lowest BCUT2D eigenvalue weighted by molar-refractivity contribution is -0.139. The van der Waals surface area contributed by atoms with Crippen LogP contribution >= 0.6 is 27.3 Å². The van der Waals surface area contributed by atoms with Gasteiger partial charge in [-0.3, -0.25) is 9.52 Å². The fraction of sp³-hybridized carbons (Fsp3) is 0.321. The topological polar surface area (TPSA) is 162 Å². The summed E-state index contributed by atoms with van der Waals surface area (Å²) >= 11 is 4.17. The van der Waals surface area contributed by atoms with Crippen LogP contribution in [0.4, 0.5) is 11.4 Å². The molecule has 14 heteroatoms. The Hall–Kier alpha value is -3.46. The minimum absolute atomic E-state index is 0.133. The first-order valence-corrected chi connectivity index (χ1v) is 16.1. The number of sulfonamides is 1. The number of amides is 1. The predicted octanol–water partition coefficient (Wildman–Crippen LogP) is 4.42. The molecule has 0 spiro atoms.